The van der Waals surface area contributed by atoms with Gasteiger partial charge in [-0.3, -0.25) is 14.4 Å². The van der Waals surface area contributed by atoms with Gasteiger partial charge >= 0.3 is 5.97 Å². The largest absolute Gasteiger partial charge is 0.464 e. The summed E-state index contributed by atoms with van der Waals surface area (Å²) in [6, 6.07) is -1.41. The smallest absolute Gasteiger partial charge is 0.329 e. The first kappa shape index (κ1) is 16.8. The molecule has 2 N–H and O–H groups in total. The molecule has 2 atom stereocenters. The minimum absolute atomic E-state index is 0.0777. The van der Waals surface area contributed by atoms with E-state index in [1.54, 1.807) is 6.92 Å². The van der Waals surface area contributed by atoms with Crippen molar-refractivity contribution >= 4 is 45.8 Å². The molecular formula is C11H16N2O5S2. The Balaban J connectivity index is 2.48. The summed E-state index contributed by atoms with van der Waals surface area (Å²) >= 11 is 1.94. The molecule has 1 aliphatic heterocycles. The van der Waals surface area contributed by atoms with E-state index in [1.165, 1.54) is 6.92 Å². The minimum atomic E-state index is -0.869. The third kappa shape index (κ3) is 5.41. The van der Waals surface area contributed by atoms with E-state index in [1.807, 2.05) is 0 Å². The van der Waals surface area contributed by atoms with Crippen LogP contribution in [-0.4, -0.2) is 52.4 Å². The summed E-state index contributed by atoms with van der Waals surface area (Å²) in [7, 11) is 0. The van der Waals surface area contributed by atoms with Gasteiger partial charge in [0.05, 0.1) is 6.61 Å². The van der Waals surface area contributed by atoms with Crippen LogP contribution < -0.4 is 10.6 Å². The lowest BCUT2D eigenvalue weighted by molar-refractivity contribution is -0.146. The number of ether oxygens (including phenoxy) is 1. The lowest BCUT2D eigenvalue weighted by Gasteiger charge is -2.16. The van der Waals surface area contributed by atoms with Crippen LogP contribution in [0.1, 0.15) is 13.8 Å². The average molecular weight is 320 g/mol. The first-order chi connectivity index (χ1) is 9.43. The zero-order valence-electron chi connectivity index (χ0n) is 11.1. The minimum Gasteiger partial charge on any atom is -0.464 e. The molecule has 2 amide bonds. The second-order valence-electron chi connectivity index (χ2n) is 3.93. The van der Waals surface area contributed by atoms with Crippen molar-refractivity contribution in [1.29, 1.82) is 0 Å². The molecule has 1 unspecified atom stereocenters. The Morgan fingerprint density at radius 1 is 1.55 bits per heavy atom. The molecule has 0 bridgehead atoms. The summed E-state index contributed by atoms with van der Waals surface area (Å²) < 4.78 is 4.83. The van der Waals surface area contributed by atoms with Crippen molar-refractivity contribution in [1.82, 2.24) is 10.6 Å². The number of hydrogen-bond acceptors (Lipinski definition) is 7. The van der Waals surface area contributed by atoms with E-state index in [2.05, 4.69) is 10.6 Å². The van der Waals surface area contributed by atoms with Crippen molar-refractivity contribution in [3.05, 3.63) is 0 Å². The van der Waals surface area contributed by atoms with Gasteiger partial charge in [0, 0.05) is 18.4 Å². The molecule has 7 nitrogen and oxygen atoms in total. The van der Waals surface area contributed by atoms with E-state index < -0.39 is 18.1 Å². The second-order valence-corrected chi connectivity index (χ2v) is 5.95. The Bertz CT molecular complexity index is 416. The molecule has 1 fully saturated rings. The highest BCUT2D eigenvalue weighted by molar-refractivity contribution is 8.15. The number of rotatable bonds is 6. The maximum Gasteiger partial charge on any atom is 0.329 e. The van der Waals surface area contributed by atoms with Crippen molar-refractivity contribution in [2.24, 2.45) is 0 Å². The van der Waals surface area contributed by atoms with Crippen molar-refractivity contribution in [3.63, 3.8) is 0 Å². The quantitative estimate of drug-likeness (QED) is 0.671. The molecule has 112 valence electrons. The van der Waals surface area contributed by atoms with E-state index in [0.717, 1.165) is 23.5 Å². The molecule has 1 saturated heterocycles. The van der Waals surface area contributed by atoms with Gasteiger partial charge in [0.15, 0.2) is 0 Å². The highest BCUT2D eigenvalue weighted by atomic mass is 32.2. The zero-order chi connectivity index (χ0) is 15.1. The third-order valence-electron chi connectivity index (χ3n) is 2.30. The molecule has 1 rings (SSSR count). The first-order valence-corrected chi connectivity index (χ1v) is 7.94. The van der Waals surface area contributed by atoms with Crippen molar-refractivity contribution in [2.45, 2.75) is 25.9 Å². The summed E-state index contributed by atoms with van der Waals surface area (Å²) in [6.45, 7) is 3.14. The van der Waals surface area contributed by atoms with E-state index in [4.69, 9.17) is 4.74 Å². The van der Waals surface area contributed by atoms with E-state index in [0.29, 0.717) is 5.75 Å². The number of thioether (sulfide) groups is 2. The Hall–Kier alpha value is -1.22. The Labute approximate surface area is 124 Å². The predicted molar refractivity (Wildman–Crippen MR) is 76.5 cm³/mol. The van der Waals surface area contributed by atoms with Crippen LogP contribution in [0.3, 0.4) is 0 Å². The second kappa shape index (κ2) is 8.15. The van der Waals surface area contributed by atoms with Gasteiger partial charge in [0.2, 0.25) is 11.0 Å². The van der Waals surface area contributed by atoms with E-state index >= 15 is 0 Å². The van der Waals surface area contributed by atoms with Crippen LogP contribution in [-0.2, 0) is 19.1 Å². The molecule has 0 spiro atoms. The molecule has 9 heteroatoms. The molecule has 0 saturated carbocycles. The normalized spacial score (nSPS) is 19.1. The van der Waals surface area contributed by atoms with Crippen molar-refractivity contribution in [2.75, 3.05) is 18.1 Å². The summed E-state index contributed by atoms with van der Waals surface area (Å²) in [5.41, 5.74) is 0. The molecule has 0 aliphatic carbocycles. The van der Waals surface area contributed by atoms with Gasteiger partial charge in [0.25, 0.3) is 5.24 Å². The molecule has 0 aromatic heterocycles. The van der Waals surface area contributed by atoms with Gasteiger partial charge < -0.3 is 15.4 Å². The molecule has 0 radical (unpaired) electrons. The van der Waals surface area contributed by atoms with Crippen LogP contribution in [0.2, 0.25) is 0 Å². The maximum atomic E-state index is 11.8. The molecule has 0 aromatic rings. The number of esters is 1. The van der Waals surface area contributed by atoms with Gasteiger partial charge in [-0.25, -0.2) is 4.79 Å². The number of nitrogens with one attached hydrogen (secondary N) is 2. The highest BCUT2D eigenvalue weighted by Crippen LogP contribution is 2.18. The molecule has 1 heterocycles. The molecule has 20 heavy (non-hydrogen) atoms. The highest BCUT2D eigenvalue weighted by Gasteiger charge is 2.30. The van der Waals surface area contributed by atoms with Crippen LogP contribution in [0.25, 0.3) is 0 Å². The van der Waals surface area contributed by atoms with Crippen LogP contribution in [0.4, 0.5) is 4.79 Å². The lowest BCUT2D eigenvalue weighted by Crippen LogP contribution is -2.43. The van der Waals surface area contributed by atoms with Crippen LogP contribution in [0.5, 0.6) is 0 Å². The summed E-state index contributed by atoms with van der Waals surface area (Å²) in [5.74, 6) is -0.489. The van der Waals surface area contributed by atoms with Gasteiger partial charge in [0.1, 0.15) is 12.1 Å². The van der Waals surface area contributed by atoms with Crippen molar-refractivity contribution < 1.29 is 23.9 Å². The third-order valence-corrected chi connectivity index (χ3v) is 4.25. The zero-order valence-corrected chi connectivity index (χ0v) is 12.8. The monoisotopic (exact) mass is 320 g/mol. The maximum absolute atomic E-state index is 11.8. The van der Waals surface area contributed by atoms with E-state index in [9.17, 15) is 19.2 Å². The average Bonchev–Trinajstić information content (AvgIpc) is 2.80. The number of hydrogen-bond donors (Lipinski definition) is 2. The van der Waals surface area contributed by atoms with Gasteiger partial charge in [-0.05, 0) is 6.92 Å². The lowest BCUT2D eigenvalue weighted by atomic mass is 10.3. The molecule has 1 aliphatic rings. The standard InChI is InChI=1S/C11H16N2O5S2/c1-3-18-9(15)7(12-6(2)14)4-19-10(16)8-5-20-11(17)13-8/h7-8H,3-5H2,1-2H3,(H,12,14)(H,13,17)/t7-,8?/m0/s1. The Morgan fingerprint density at radius 3 is 2.75 bits per heavy atom. The Kier molecular flexibility index (Phi) is 6.86. The number of amides is 2. The van der Waals surface area contributed by atoms with E-state index in [-0.39, 0.29) is 28.6 Å². The van der Waals surface area contributed by atoms with Crippen molar-refractivity contribution in [3.8, 4) is 0 Å². The number of carbonyl (C=O) groups excluding carboxylic acids is 4. The van der Waals surface area contributed by atoms with Gasteiger partial charge in [-0.15, -0.1) is 0 Å². The topological polar surface area (TPSA) is 102 Å². The summed E-state index contributed by atoms with van der Waals surface area (Å²) in [5, 5.41) is 4.50. The first-order valence-electron chi connectivity index (χ1n) is 5.97. The predicted octanol–water partition coefficient (Wildman–Crippen LogP) is 0.139. The summed E-state index contributed by atoms with van der Waals surface area (Å²) in [6.07, 6.45) is 0. The molecular weight excluding hydrogens is 304 g/mol. The number of carbonyl (C=O) groups is 4. The van der Waals surface area contributed by atoms with Crippen LogP contribution >= 0.6 is 23.5 Å². The van der Waals surface area contributed by atoms with Gasteiger partial charge in [-0.2, -0.15) is 0 Å². The molecule has 0 aromatic carbocycles. The fraction of sp³-hybridized carbons (Fsp3) is 0.636. The van der Waals surface area contributed by atoms with Crippen LogP contribution in [0.15, 0.2) is 0 Å². The van der Waals surface area contributed by atoms with Crippen LogP contribution in [0, 0.1) is 0 Å². The Morgan fingerprint density at radius 2 is 2.25 bits per heavy atom. The fourth-order valence-electron chi connectivity index (χ4n) is 1.43. The summed E-state index contributed by atoms with van der Waals surface area (Å²) in [4.78, 5) is 45.5. The SMILES string of the molecule is CCOC(=O)[C@H](CSC(=O)C1CSC(=O)N1)NC(C)=O. The van der Waals surface area contributed by atoms with Gasteiger partial charge in [-0.1, -0.05) is 23.5 Å². The fourth-order valence-corrected chi connectivity index (χ4v) is 3.21.